The van der Waals surface area contributed by atoms with Crippen molar-refractivity contribution in [3.63, 3.8) is 0 Å². The van der Waals surface area contributed by atoms with Gasteiger partial charge in [0.15, 0.2) is 0 Å². The van der Waals surface area contributed by atoms with Gasteiger partial charge in [-0.25, -0.2) is 9.69 Å². The number of likely N-dealkylation sites (N-methyl/N-ethyl adjacent to an activating group) is 1. The highest BCUT2D eigenvalue weighted by Crippen LogP contribution is 2.25. The number of nitrogens with two attached hydrogens (primary N) is 1. The van der Waals surface area contributed by atoms with Crippen molar-refractivity contribution < 1.29 is 14.3 Å². The smallest absolute Gasteiger partial charge is 0.375 e. The number of carbonyl (C=O) groups excluding carboxylic acids is 1. The summed E-state index contributed by atoms with van der Waals surface area (Å²) < 4.78 is 9.35. The predicted molar refractivity (Wildman–Crippen MR) is 33.0 cm³/mol. The maximum atomic E-state index is 10.3. The van der Waals surface area contributed by atoms with E-state index in [0.29, 0.717) is 0 Å². The van der Waals surface area contributed by atoms with Gasteiger partial charge in [0.2, 0.25) is 0 Å². The van der Waals surface area contributed by atoms with E-state index in [9.17, 15) is 4.79 Å². The van der Waals surface area contributed by atoms with Crippen LogP contribution in [0.5, 0.6) is 0 Å². The summed E-state index contributed by atoms with van der Waals surface area (Å²) in [6.45, 7) is 0.145. The predicted octanol–water partition coefficient (Wildman–Crippen LogP) is -0.673. The van der Waals surface area contributed by atoms with Gasteiger partial charge in [0.25, 0.3) is 0 Å². The molecule has 0 spiro atoms. The summed E-state index contributed by atoms with van der Waals surface area (Å²) in [4.78, 5) is 11.9. The molecule has 0 aromatic carbocycles. The Morgan fingerprint density at radius 2 is 2.10 bits per heavy atom. The van der Waals surface area contributed by atoms with Gasteiger partial charge in [-0.05, 0) is 14.1 Å². The fourth-order valence-corrected chi connectivity index (χ4v) is 0.717. The van der Waals surface area contributed by atoms with Crippen LogP contribution in [-0.4, -0.2) is 37.6 Å². The molecule has 0 aromatic heterocycles. The molecule has 0 radical (unpaired) electrons. The zero-order valence-corrected chi connectivity index (χ0v) is 5.96. The standard InChI is InChI=1S/C5H10N2O3/c1-7(2)5(3-6)9-4(8)10-5/h3,6H2,1-2H3. The molecule has 58 valence electrons. The molecule has 1 saturated heterocycles. The molecular weight excluding hydrogens is 136 g/mol. The molecule has 0 unspecified atom stereocenters. The van der Waals surface area contributed by atoms with Crippen molar-refractivity contribution in [3.05, 3.63) is 0 Å². The number of nitrogens with zero attached hydrogens (tertiary/aromatic N) is 1. The fourth-order valence-electron chi connectivity index (χ4n) is 0.717. The lowest BCUT2D eigenvalue weighted by atomic mass is 10.4. The molecule has 0 atom stereocenters. The molecule has 1 aliphatic rings. The topological polar surface area (TPSA) is 64.8 Å². The van der Waals surface area contributed by atoms with Gasteiger partial charge in [0, 0.05) is 0 Å². The van der Waals surface area contributed by atoms with E-state index in [1.807, 2.05) is 0 Å². The van der Waals surface area contributed by atoms with Crippen molar-refractivity contribution in [1.29, 1.82) is 0 Å². The Labute approximate surface area is 58.7 Å². The Morgan fingerprint density at radius 1 is 1.60 bits per heavy atom. The largest absolute Gasteiger partial charge is 0.517 e. The Balaban J connectivity index is 2.56. The molecule has 0 aliphatic carbocycles. The summed E-state index contributed by atoms with van der Waals surface area (Å²) in [7, 11) is 3.44. The van der Waals surface area contributed by atoms with E-state index in [1.165, 1.54) is 0 Å². The van der Waals surface area contributed by atoms with Crippen LogP contribution in [-0.2, 0) is 9.47 Å². The van der Waals surface area contributed by atoms with Gasteiger partial charge in [-0.15, -0.1) is 0 Å². The molecule has 1 aliphatic heterocycles. The van der Waals surface area contributed by atoms with Gasteiger partial charge in [-0.3, -0.25) is 0 Å². The van der Waals surface area contributed by atoms with Crippen LogP contribution in [0.2, 0.25) is 0 Å². The minimum atomic E-state index is -1.00. The van der Waals surface area contributed by atoms with Crippen LogP contribution in [0.15, 0.2) is 0 Å². The van der Waals surface area contributed by atoms with Crippen molar-refractivity contribution >= 4 is 6.16 Å². The van der Waals surface area contributed by atoms with Crippen LogP contribution in [0.3, 0.4) is 0 Å². The monoisotopic (exact) mass is 146 g/mol. The SMILES string of the molecule is CN(C)C1(CN)OC(=O)O1. The Morgan fingerprint density at radius 3 is 2.20 bits per heavy atom. The van der Waals surface area contributed by atoms with Crippen LogP contribution >= 0.6 is 0 Å². The number of hydrogen-bond acceptors (Lipinski definition) is 5. The zero-order valence-electron chi connectivity index (χ0n) is 5.96. The highest BCUT2D eigenvalue weighted by Gasteiger charge is 2.49. The molecule has 0 aromatic rings. The van der Waals surface area contributed by atoms with Gasteiger partial charge in [0.1, 0.15) is 0 Å². The summed E-state index contributed by atoms with van der Waals surface area (Å²) >= 11 is 0. The first-order chi connectivity index (χ1) is 4.60. The van der Waals surface area contributed by atoms with Crippen LogP contribution in [0, 0.1) is 0 Å². The maximum absolute atomic E-state index is 10.3. The van der Waals surface area contributed by atoms with Gasteiger partial charge >= 0.3 is 12.1 Å². The number of ether oxygens (including phenoxy) is 2. The molecule has 0 saturated carbocycles. The average Bonchev–Trinajstić information content (AvgIpc) is 1.79. The van der Waals surface area contributed by atoms with Crippen molar-refractivity contribution in [1.82, 2.24) is 4.90 Å². The van der Waals surface area contributed by atoms with Crippen molar-refractivity contribution in [3.8, 4) is 0 Å². The van der Waals surface area contributed by atoms with E-state index in [-0.39, 0.29) is 6.54 Å². The summed E-state index contributed by atoms with van der Waals surface area (Å²) in [6, 6.07) is 0. The number of rotatable bonds is 2. The molecule has 5 heteroatoms. The lowest BCUT2D eigenvalue weighted by Gasteiger charge is -2.42. The minimum Gasteiger partial charge on any atom is -0.375 e. The minimum absolute atomic E-state index is 0.145. The highest BCUT2D eigenvalue weighted by molar-refractivity contribution is 5.65. The summed E-state index contributed by atoms with van der Waals surface area (Å²) in [5, 5.41) is 0. The van der Waals surface area contributed by atoms with Gasteiger partial charge in [0.05, 0.1) is 6.54 Å². The third kappa shape index (κ3) is 0.833. The first-order valence-corrected chi connectivity index (χ1v) is 2.90. The first kappa shape index (κ1) is 7.30. The number of cyclic esters (lactones) is 2. The van der Waals surface area contributed by atoms with Gasteiger partial charge in [-0.1, -0.05) is 0 Å². The fraction of sp³-hybridized carbons (Fsp3) is 0.800. The Kier molecular flexibility index (Phi) is 1.53. The molecule has 1 rings (SSSR count). The Hall–Kier alpha value is -0.810. The number of hydrogen-bond donors (Lipinski definition) is 1. The summed E-state index contributed by atoms with van der Waals surface area (Å²) in [6.07, 6.45) is -0.667. The second-order valence-electron chi connectivity index (χ2n) is 2.27. The molecule has 2 N–H and O–H groups in total. The summed E-state index contributed by atoms with van der Waals surface area (Å²) in [5.41, 5.74) is 5.29. The van der Waals surface area contributed by atoms with Crippen LogP contribution in [0.25, 0.3) is 0 Å². The van der Waals surface area contributed by atoms with Crippen LogP contribution in [0.4, 0.5) is 4.79 Å². The van der Waals surface area contributed by atoms with E-state index in [1.54, 1.807) is 19.0 Å². The van der Waals surface area contributed by atoms with Gasteiger partial charge < -0.3 is 15.2 Å². The zero-order chi connectivity index (χ0) is 7.78. The molecule has 0 bridgehead atoms. The normalized spacial score (nSPS) is 21.4. The van der Waals surface area contributed by atoms with Gasteiger partial charge in [-0.2, -0.15) is 0 Å². The molecular formula is C5H10N2O3. The van der Waals surface area contributed by atoms with Crippen LogP contribution < -0.4 is 5.73 Å². The quantitative estimate of drug-likeness (QED) is 0.523. The van der Waals surface area contributed by atoms with E-state index in [2.05, 4.69) is 9.47 Å². The maximum Gasteiger partial charge on any atom is 0.517 e. The van der Waals surface area contributed by atoms with Crippen molar-refractivity contribution in [2.45, 2.75) is 5.91 Å². The molecule has 1 heterocycles. The lowest BCUT2D eigenvalue weighted by molar-refractivity contribution is -0.328. The van der Waals surface area contributed by atoms with E-state index in [0.717, 1.165) is 0 Å². The van der Waals surface area contributed by atoms with Crippen LogP contribution in [0.1, 0.15) is 0 Å². The molecule has 0 amide bonds. The second kappa shape index (κ2) is 2.10. The van der Waals surface area contributed by atoms with Crippen molar-refractivity contribution in [2.24, 2.45) is 5.73 Å². The second-order valence-corrected chi connectivity index (χ2v) is 2.27. The third-order valence-electron chi connectivity index (χ3n) is 1.42. The lowest BCUT2D eigenvalue weighted by Crippen LogP contribution is -2.63. The Bertz CT molecular complexity index is 149. The van der Waals surface area contributed by atoms with Crippen molar-refractivity contribution in [2.75, 3.05) is 20.6 Å². The number of carbonyl (C=O) groups is 1. The molecule has 5 nitrogen and oxygen atoms in total. The average molecular weight is 146 g/mol. The van der Waals surface area contributed by atoms with E-state index in [4.69, 9.17) is 5.73 Å². The molecule has 10 heavy (non-hydrogen) atoms. The van der Waals surface area contributed by atoms with E-state index >= 15 is 0 Å². The highest BCUT2D eigenvalue weighted by atomic mass is 16.9. The first-order valence-electron chi connectivity index (χ1n) is 2.90. The third-order valence-corrected chi connectivity index (χ3v) is 1.42. The molecule has 1 fully saturated rings. The summed E-state index contributed by atoms with van der Waals surface area (Å²) in [5.74, 6) is -1.00. The van der Waals surface area contributed by atoms with E-state index < -0.39 is 12.1 Å².